The summed E-state index contributed by atoms with van der Waals surface area (Å²) < 4.78 is 64.5. The Morgan fingerprint density at radius 1 is 1.18 bits per heavy atom. The summed E-state index contributed by atoms with van der Waals surface area (Å²) in [4.78, 5) is 1.78. The summed E-state index contributed by atoms with van der Waals surface area (Å²) >= 11 is 5.59. The number of halogens is 6. The molecule has 1 fully saturated rings. The highest BCUT2D eigenvalue weighted by molar-refractivity contribution is 6.31. The standard InChI is InChI=1S/C14H16ClF5N2/c15-11-2-1-9(7-10(11)14(18,19)20)12(8-13(16)17)22-5-3-21-4-6-22/h1-2,7,12-13,21H,3-6,8H2/t12-/m0/s1. The van der Waals surface area contributed by atoms with Gasteiger partial charge in [0.05, 0.1) is 10.6 Å². The van der Waals surface area contributed by atoms with Gasteiger partial charge >= 0.3 is 6.18 Å². The maximum Gasteiger partial charge on any atom is 0.417 e. The van der Waals surface area contributed by atoms with Crippen molar-refractivity contribution < 1.29 is 22.0 Å². The average molecular weight is 343 g/mol. The Hall–Kier alpha value is -0.920. The van der Waals surface area contributed by atoms with Gasteiger partial charge in [-0.05, 0) is 17.7 Å². The summed E-state index contributed by atoms with van der Waals surface area (Å²) in [6.07, 6.45) is -7.70. The normalized spacial score (nSPS) is 18.7. The molecule has 1 heterocycles. The number of rotatable bonds is 4. The highest BCUT2D eigenvalue weighted by Gasteiger charge is 2.35. The van der Waals surface area contributed by atoms with Gasteiger partial charge in [-0.15, -0.1) is 0 Å². The zero-order chi connectivity index (χ0) is 16.3. The van der Waals surface area contributed by atoms with Crippen molar-refractivity contribution in [1.82, 2.24) is 10.2 Å². The Kier molecular flexibility index (Phi) is 5.63. The molecule has 22 heavy (non-hydrogen) atoms. The van der Waals surface area contributed by atoms with Crippen LogP contribution in [-0.2, 0) is 6.18 Å². The number of hydrogen-bond donors (Lipinski definition) is 1. The Bertz CT molecular complexity index is 500. The van der Waals surface area contributed by atoms with E-state index in [1.54, 1.807) is 4.90 Å². The SMILES string of the molecule is FC(F)C[C@@H](c1ccc(Cl)c(C(F)(F)F)c1)N1CCNCC1. The van der Waals surface area contributed by atoms with Crippen molar-refractivity contribution in [2.75, 3.05) is 26.2 Å². The van der Waals surface area contributed by atoms with E-state index in [1.165, 1.54) is 6.07 Å². The van der Waals surface area contributed by atoms with E-state index in [0.29, 0.717) is 26.2 Å². The molecule has 124 valence electrons. The maximum atomic E-state index is 12.9. The Labute approximate surface area is 130 Å². The van der Waals surface area contributed by atoms with E-state index >= 15 is 0 Å². The van der Waals surface area contributed by atoms with E-state index in [9.17, 15) is 22.0 Å². The van der Waals surface area contributed by atoms with Gasteiger partial charge in [0, 0.05) is 38.6 Å². The fourth-order valence-electron chi connectivity index (χ4n) is 2.63. The van der Waals surface area contributed by atoms with Crippen LogP contribution in [0.5, 0.6) is 0 Å². The highest BCUT2D eigenvalue weighted by Crippen LogP contribution is 2.38. The third kappa shape index (κ3) is 4.30. The lowest BCUT2D eigenvalue weighted by atomic mass is 9.99. The Morgan fingerprint density at radius 3 is 2.36 bits per heavy atom. The van der Waals surface area contributed by atoms with E-state index in [-0.39, 0.29) is 5.56 Å². The average Bonchev–Trinajstić information content (AvgIpc) is 2.45. The molecule has 0 amide bonds. The molecule has 1 aliphatic heterocycles. The lowest BCUT2D eigenvalue weighted by Gasteiger charge is -2.35. The van der Waals surface area contributed by atoms with Crippen LogP contribution in [0.25, 0.3) is 0 Å². The van der Waals surface area contributed by atoms with Crippen molar-refractivity contribution in [3.8, 4) is 0 Å². The first kappa shape index (κ1) is 17.4. The molecule has 8 heteroatoms. The Morgan fingerprint density at radius 2 is 1.82 bits per heavy atom. The first-order valence-electron chi connectivity index (χ1n) is 6.88. The topological polar surface area (TPSA) is 15.3 Å². The van der Waals surface area contributed by atoms with Crippen LogP contribution in [0, 0.1) is 0 Å². The fourth-order valence-corrected chi connectivity index (χ4v) is 2.85. The second-order valence-corrected chi connectivity index (χ2v) is 5.57. The minimum absolute atomic E-state index is 0.221. The number of piperazine rings is 1. The van der Waals surface area contributed by atoms with Crippen LogP contribution in [0.15, 0.2) is 18.2 Å². The third-order valence-corrected chi connectivity index (χ3v) is 4.00. The van der Waals surface area contributed by atoms with E-state index in [0.717, 1.165) is 12.1 Å². The van der Waals surface area contributed by atoms with Gasteiger partial charge in [-0.2, -0.15) is 13.2 Å². The van der Waals surface area contributed by atoms with Gasteiger partial charge in [-0.1, -0.05) is 17.7 Å². The molecule has 1 atom stereocenters. The molecular weight excluding hydrogens is 327 g/mol. The number of alkyl halides is 5. The van der Waals surface area contributed by atoms with Crippen LogP contribution in [0.3, 0.4) is 0 Å². The number of nitrogens with one attached hydrogen (secondary N) is 1. The van der Waals surface area contributed by atoms with Crippen molar-refractivity contribution in [3.05, 3.63) is 34.3 Å². The highest BCUT2D eigenvalue weighted by atomic mass is 35.5. The van der Waals surface area contributed by atoms with E-state index in [2.05, 4.69) is 5.32 Å². The van der Waals surface area contributed by atoms with Crippen molar-refractivity contribution in [2.24, 2.45) is 0 Å². The molecule has 1 saturated heterocycles. The molecule has 1 aromatic rings. The molecule has 1 N–H and O–H groups in total. The first-order chi connectivity index (χ1) is 10.3. The van der Waals surface area contributed by atoms with Crippen LogP contribution in [0.2, 0.25) is 5.02 Å². The molecule has 2 nitrogen and oxygen atoms in total. The van der Waals surface area contributed by atoms with Crippen LogP contribution in [0.1, 0.15) is 23.6 Å². The van der Waals surface area contributed by atoms with Gasteiger partial charge in [-0.3, -0.25) is 4.90 Å². The zero-order valence-electron chi connectivity index (χ0n) is 11.6. The van der Waals surface area contributed by atoms with Crippen molar-refractivity contribution in [3.63, 3.8) is 0 Å². The lowest BCUT2D eigenvalue weighted by molar-refractivity contribution is -0.137. The molecule has 0 unspecified atom stereocenters. The van der Waals surface area contributed by atoms with Gasteiger partial charge in [0.15, 0.2) is 0 Å². The van der Waals surface area contributed by atoms with Gasteiger partial charge in [-0.25, -0.2) is 8.78 Å². The summed E-state index contributed by atoms with van der Waals surface area (Å²) in [6, 6.07) is 2.66. The van der Waals surface area contributed by atoms with Crippen LogP contribution in [-0.4, -0.2) is 37.5 Å². The molecule has 2 rings (SSSR count). The number of benzene rings is 1. The monoisotopic (exact) mass is 342 g/mol. The summed E-state index contributed by atoms with van der Waals surface area (Å²) in [7, 11) is 0. The van der Waals surface area contributed by atoms with Crippen LogP contribution < -0.4 is 5.32 Å². The van der Waals surface area contributed by atoms with Crippen molar-refractivity contribution in [1.29, 1.82) is 0 Å². The fraction of sp³-hybridized carbons (Fsp3) is 0.571. The van der Waals surface area contributed by atoms with Crippen LogP contribution >= 0.6 is 11.6 Å². The molecule has 0 bridgehead atoms. The molecule has 1 aliphatic rings. The molecule has 0 saturated carbocycles. The lowest BCUT2D eigenvalue weighted by Crippen LogP contribution is -2.45. The molecule has 1 aromatic carbocycles. The summed E-state index contributed by atoms with van der Waals surface area (Å²) in [5, 5.41) is 2.67. The smallest absolute Gasteiger partial charge is 0.314 e. The van der Waals surface area contributed by atoms with Gasteiger partial charge in [0.2, 0.25) is 6.43 Å². The van der Waals surface area contributed by atoms with Crippen LogP contribution in [0.4, 0.5) is 22.0 Å². The molecule has 0 aliphatic carbocycles. The van der Waals surface area contributed by atoms with Gasteiger partial charge in [0.1, 0.15) is 0 Å². The van der Waals surface area contributed by atoms with Crippen molar-refractivity contribution in [2.45, 2.75) is 25.1 Å². The molecule has 0 aromatic heterocycles. The second kappa shape index (κ2) is 7.10. The van der Waals surface area contributed by atoms with E-state index < -0.39 is 35.7 Å². The minimum atomic E-state index is -4.61. The summed E-state index contributed by atoms with van der Waals surface area (Å²) in [5.41, 5.74) is -0.764. The second-order valence-electron chi connectivity index (χ2n) is 5.17. The quantitative estimate of drug-likeness (QED) is 0.833. The summed E-state index contributed by atoms with van der Waals surface area (Å²) in [6.45, 7) is 2.28. The molecule has 0 spiro atoms. The van der Waals surface area contributed by atoms with E-state index in [1.807, 2.05) is 0 Å². The zero-order valence-corrected chi connectivity index (χ0v) is 12.4. The summed E-state index contributed by atoms with van der Waals surface area (Å²) in [5.74, 6) is 0. The largest absolute Gasteiger partial charge is 0.417 e. The predicted octanol–water partition coefficient (Wildman–Crippen LogP) is 3.96. The third-order valence-electron chi connectivity index (χ3n) is 3.67. The van der Waals surface area contributed by atoms with Crippen molar-refractivity contribution >= 4 is 11.6 Å². The van der Waals surface area contributed by atoms with E-state index in [4.69, 9.17) is 11.6 Å². The Balaban J connectivity index is 2.34. The predicted molar refractivity (Wildman–Crippen MR) is 74.3 cm³/mol. The number of nitrogens with zero attached hydrogens (tertiary/aromatic N) is 1. The molecular formula is C14H16ClF5N2. The first-order valence-corrected chi connectivity index (χ1v) is 7.26. The minimum Gasteiger partial charge on any atom is -0.314 e. The number of hydrogen-bond acceptors (Lipinski definition) is 2. The molecule has 0 radical (unpaired) electrons. The maximum absolute atomic E-state index is 12.9. The van der Waals surface area contributed by atoms with Gasteiger partial charge < -0.3 is 5.32 Å². The van der Waals surface area contributed by atoms with Gasteiger partial charge in [0.25, 0.3) is 0 Å².